The molecule has 24 heavy (non-hydrogen) atoms. The summed E-state index contributed by atoms with van der Waals surface area (Å²) >= 11 is 2.44. The Morgan fingerprint density at radius 1 is 1.29 bits per heavy atom. The van der Waals surface area contributed by atoms with Gasteiger partial charge in [-0.25, -0.2) is 13.4 Å². The maximum Gasteiger partial charge on any atom is 0.446 e. The van der Waals surface area contributed by atoms with Crippen LogP contribution in [-0.4, -0.2) is 45.6 Å². The van der Waals surface area contributed by atoms with E-state index in [1.807, 2.05) is 36.6 Å². The average Bonchev–Trinajstić information content (AvgIpc) is 2.57. The number of carboxylic acid groups (broad SMARTS) is 1. The van der Waals surface area contributed by atoms with Gasteiger partial charge >= 0.3 is 6.09 Å². The van der Waals surface area contributed by atoms with Crippen LogP contribution >= 0.6 is 23.9 Å². The van der Waals surface area contributed by atoms with Gasteiger partial charge in [0.25, 0.3) is 0 Å². The minimum atomic E-state index is -1.14. The van der Waals surface area contributed by atoms with Crippen LogP contribution in [0.3, 0.4) is 0 Å². The number of amides is 1. The molecule has 0 bridgehead atoms. The summed E-state index contributed by atoms with van der Waals surface area (Å²) in [5, 5.41) is 15.0. The van der Waals surface area contributed by atoms with Crippen LogP contribution in [0.1, 0.15) is 18.9 Å². The molecule has 0 fully saturated rings. The second kappa shape index (κ2) is 11.0. The number of hydrogen-bond donors (Lipinski definition) is 0. The molecule has 9 heteroatoms. The molecule has 0 unspecified atom stereocenters. The largest absolute Gasteiger partial charge is 0.550 e. The quantitative estimate of drug-likeness (QED) is 0.227. The molecular formula is C15H20N3O4S2-. The van der Waals surface area contributed by atoms with Crippen molar-refractivity contribution in [3.8, 4) is 0 Å². The lowest BCUT2D eigenvalue weighted by Crippen LogP contribution is -2.31. The van der Waals surface area contributed by atoms with Gasteiger partial charge in [0.2, 0.25) is 0 Å². The molecule has 0 aliphatic rings. The smallest absolute Gasteiger partial charge is 0.446 e. The van der Waals surface area contributed by atoms with Gasteiger partial charge in [-0.1, -0.05) is 35.5 Å². The number of aliphatic carboxylic acids is 1. The van der Waals surface area contributed by atoms with E-state index in [0.717, 1.165) is 17.7 Å². The molecule has 0 N–H and O–H groups in total. The zero-order valence-electron chi connectivity index (χ0n) is 13.8. The van der Waals surface area contributed by atoms with Crippen molar-refractivity contribution in [2.45, 2.75) is 19.9 Å². The van der Waals surface area contributed by atoms with Crippen molar-refractivity contribution in [3.63, 3.8) is 0 Å². The molecule has 132 valence electrons. The second-order valence-electron chi connectivity index (χ2n) is 4.72. The van der Waals surface area contributed by atoms with Crippen LogP contribution in [0.5, 0.6) is 0 Å². The molecule has 0 aromatic heterocycles. The third kappa shape index (κ3) is 8.23. The van der Waals surface area contributed by atoms with Crippen molar-refractivity contribution >= 4 is 41.0 Å². The Hall–Kier alpha value is -1.71. The normalized spacial score (nSPS) is 11.4. The maximum absolute atomic E-state index is 11.9. The summed E-state index contributed by atoms with van der Waals surface area (Å²) in [6, 6.07) is 9.55. The Balaban J connectivity index is 2.65. The van der Waals surface area contributed by atoms with E-state index in [4.69, 9.17) is 4.84 Å². The van der Waals surface area contributed by atoms with Crippen molar-refractivity contribution in [3.05, 3.63) is 35.9 Å². The van der Waals surface area contributed by atoms with Crippen molar-refractivity contribution in [2.75, 3.05) is 19.8 Å². The molecule has 0 aliphatic carbocycles. The molecule has 1 aromatic carbocycles. The Morgan fingerprint density at radius 3 is 2.54 bits per heavy atom. The van der Waals surface area contributed by atoms with Gasteiger partial charge in [-0.05, 0) is 18.7 Å². The molecule has 0 heterocycles. The van der Waals surface area contributed by atoms with Gasteiger partial charge in [0.05, 0.1) is 0 Å². The molecule has 1 rings (SSSR count). The first-order valence-electron chi connectivity index (χ1n) is 7.12. The Kier molecular flexibility index (Phi) is 9.28. The van der Waals surface area contributed by atoms with Gasteiger partial charge in [0.1, 0.15) is 5.04 Å². The third-order valence-electron chi connectivity index (χ3n) is 2.81. The first-order chi connectivity index (χ1) is 11.4. The van der Waals surface area contributed by atoms with Crippen LogP contribution < -0.4 is 5.11 Å². The predicted molar refractivity (Wildman–Crippen MR) is 94.9 cm³/mol. The van der Waals surface area contributed by atoms with Crippen LogP contribution in [0.25, 0.3) is 0 Å². The van der Waals surface area contributed by atoms with Crippen LogP contribution in [0, 0.1) is 0 Å². The number of nitrogens with zero attached hydrogens (tertiary/aromatic N) is 3. The number of rotatable bonds is 8. The first kappa shape index (κ1) is 20.3. The highest BCUT2D eigenvalue weighted by Gasteiger charge is 2.17. The first-order valence-corrected chi connectivity index (χ1v) is 9.08. The summed E-state index contributed by atoms with van der Waals surface area (Å²) in [5.41, 5.74) is 1.00. The minimum Gasteiger partial charge on any atom is -0.550 e. The molecule has 0 saturated carbocycles. The average molecular weight is 370 g/mol. The van der Waals surface area contributed by atoms with E-state index in [-0.39, 0.29) is 13.0 Å². The number of carbonyl (C=O) groups excluding carboxylic acids is 2. The molecule has 0 atom stereocenters. The van der Waals surface area contributed by atoms with E-state index >= 15 is 0 Å². The summed E-state index contributed by atoms with van der Waals surface area (Å²) in [5.74, 6) is -1.14. The van der Waals surface area contributed by atoms with Gasteiger partial charge < -0.3 is 9.90 Å². The molecule has 0 radical (unpaired) electrons. The number of thioether (sulfide) groups is 1. The topological polar surface area (TPSA) is 85.3 Å². The van der Waals surface area contributed by atoms with Crippen LogP contribution in [0.4, 0.5) is 4.79 Å². The van der Waals surface area contributed by atoms with Crippen molar-refractivity contribution in [1.82, 2.24) is 8.61 Å². The molecule has 0 saturated heterocycles. The van der Waals surface area contributed by atoms with Crippen molar-refractivity contribution in [1.29, 1.82) is 0 Å². The van der Waals surface area contributed by atoms with Crippen LogP contribution in [0.15, 0.2) is 35.5 Å². The molecule has 7 nitrogen and oxygen atoms in total. The lowest BCUT2D eigenvalue weighted by molar-refractivity contribution is -0.305. The third-order valence-corrected chi connectivity index (χ3v) is 4.41. The van der Waals surface area contributed by atoms with Gasteiger partial charge in [-0.3, -0.25) is 4.84 Å². The van der Waals surface area contributed by atoms with Gasteiger partial charge in [-0.2, -0.15) is 0 Å². The summed E-state index contributed by atoms with van der Waals surface area (Å²) in [6.07, 6.45) is 1.05. The fourth-order valence-corrected chi connectivity index (χ4v) is 2.49. The number of carboxylic acids is 1. The van der Waals surface area contributed by atoms with E-state index in [0.29, 0.717) is 11.6 Å². The highest BCUT2D eigenvalue weighted by Crippen LogP contribution is 2.19. The number of hydrogen-bond acceptors (Lipinski definition) is 8. The number of oxime groups is 1. The molecule has 0 aliphatic heterocycles. The number of carbonyl (C=O) groups is 2. The Labute approximate surface area is 150 Å². The highest BCUT2D eigenvalue weighted by atomic mass is 32.2. The summed E-state index contributed by atoms with van der Waals surface area (Å²) in [6.45, 7) is 2.43. The molecular weight excluding hydrogens is 350 g/mol. The summed E-state index contributed by atoms with van der Waals surface area (Å²) < 4.78 is 3.01. The van der Waals surface area contributed by atoms with E-state index < -0.39 is 12.1 Å². The van der Waals surface area contributed by atoms with E-state index in [2.05, 4.69) is 5.16 Å². The zero-order chi connectivity index (χ0) is 17.9. The van der Waals surface area contributed by atoms with Crippen molar-refractivity contribution < 1.29 is 19.5 Å². The van der Waals surface area contributed by atoms with Crippen molar-refractivity contribution in [2.24, 2.45) is 5.16 Å². The molecule has 1 amide bonds. The summed E-state index contributed by atoms with van der Waals surface area (Å²) in [4.78, 5) is 27.4. The zero-order valence-corrected chi connectivity index (χ0v) is 15.4. The Morgan fingerprint density at radius 2 is 1.96 bits per heavy atom. The van der Waals surface area contributed by atoms with Gasteiger partial charge in [0.15, 0.2) is 0 Å². The molecule has 0 spiro atoms. The second-order valence-corrected chi connectivity index (χ2v) is 6.95. The fourth-order valence-electron chi connectivity index (χ4n) is 1.56. The predicted octanol–water partition coefficient (Wildman–Crippen LogP) is 1.96. The SMILES string of the molecule is CS/C(C)=N\OC(=O)N(C)SN(CCC(=O)[O-])Cc1ccccc1. The van der Waals surface area contributed by atoms with E-state index in [1.54, 1.807) is 11.2 Å². The summed E-state index contributed by atoms with van der Waals surface area (Å²) in [7, 11) is 1.54. The highest BCUT2D eigenvalue weighted by molar-refractivity contribution is 8.13. The van der Waals surface area contributed by atoms with E-state index in [9.17, 15) is 14.7 Å². The monoisotopic (exact) mass is 370 g/mol. The van der Waals surface area contributed by atoms with Crippen LogP contribution in [-0.2, 0) is 16.2 Å². The lowest BCUT2D eigenvalue weighted by Gasteiger charge is -2.25. The van der Waals surface area contributed by atoms with E-state index in [1.165, 1.54) is 23.1 Å². The number of benzene rings is 1. The molecule has 1 aromatic rings. The van der Waals surface area contributed by atoms with Gasteiger partial charge in [-0.15, -0.1) is 11.8 Å². The minimum absolute atomic E-state index is 0.132. The lowest BCUT2D eigenvalue weighted by atomic mass is 10.2. The standard InChI is InChI=1S/C15H21N3O4S2/c1-12(23-3)16-22-15(21)17(2)24-18(10-9-14(19)20)11-13-7-5-4-6-8-13/h4-8H,9-11H2,1-3H3,(H,19,20)/p-1/b16-12-. The van der Waals surface area contributed by atoms with Crippen LogP contribution in [0.2, 0.25) is 0 Å². The fraction of sp³-hybridized carbons (Fsp3) is 0.400. The Bertz CT molecular complexity index is 569. The maximum atomic E-state index is 11.9. The van der Waals surface area contributed by atoms with Gasteiger partial charge in [0, 0.05) is 44.7 Å².